The number of likely N-dealkylation sites (tertiary alicyclic amines) is 1. The Bertz CT molecular complexity index is 2580. The fraction of sp³-hybridized carbons (Fsp3) is 0.467. The fourth-order valence-electron chi connectivity index (χ4n) is 9.43. The van der Waals surface area contributed by atoms with Crippen molar-refractivity contribution in [3.8, 4) is 5.75 Å². The number of halogens is 1. The maximum atomic E-state index is 13.4. The van der Waals surface area contributed by atoms with Crippen LogP contribution in [0.1, 0.15) is 79.1 Å². The van der Waals surface area contributed by atoms with Gasteiger partial charge in [0.25, 0.3) is 23.3 Å². The Morgan fingerprint density at radius 1 is 0.891 bits per heavy atom. The number of nitrogens with zero attached hydrogens (tertiary/aromatic N) is 7. The summed E-state index contributed by atoms with van der Waals surface area (Å²) in [5.74, 6) is -1.23. The van der Waals surface area contributed by atoms with Crippen LogP contribution in [0.4, 0.5) is 23.1 Å². The van der Waals surface area contributed by atoms with Gasteiger partial charge in [-0.05, 0) is 88.4 Å². The van der Waals surface area contributed by atoms with Crippen LogP contribution >= 0.6 is 11.6 Å². The Balaban J connectivity index is 0.745. The molecule has 1 atom stereocenters. The number of ether oxygens (including phenoxy) is 2. The predicted molar refractivity (Wildman–Crippen MR) is 239 cm³/mol. The Labute approximate surface area is 374 Å². The molecule has 4 saturated heterocycles. The van der Waals surface area contributed by atoms with Gasteiger partial charge in [-0.3, -0.25) is 43.9 Å². The van der Waals surface area contributed by atoms with Gasteiger partial charge >= 0.3 is 0 Å². The van der Waals surface area contributed by atoms with E-state index in [1.54, 1.807) is 29.0 Å². The third-order valence-electron chi connectivity index (χ3n) is 12.9. The van der Waals surface area contributed by atoms with Crippen molar-refractivity contribution in [2.24, 2.45) is 0 Å². The van der Waals surface area contributed by atoms with E-state index >= 15 is 0 Å². The number of imide groups is 2. The van der Waals surface area contributed by atoms with Gasteiger partial charge in [0.05, 0.1) is 35.0 Å². The van der Waals surface area contributed by atoms with E-state index in [0.717, 1.165) is 86.4 Å². The first kappa shape index (κ1) is 43.2. The summed E-state index contributed by atoms with van der Waals surface area (Å²) in [4.78, 5) is 92.9. The number of carbonyl (C=O) groups is 5. The van der Waals surface area contributed by atoms with Crippen molar-refractivity contribution in [2.45, 2.75) is 82.7 Å². The Morgan fingerprint density at radius 3 is 2.34 bits per heavy atom. The minimum Gasteiger partial charge on any atom is -0.478 e. The van der Waals surface area contributed by atoms with Gasteiger partial charge in [0, 0.05) is 81.6 Å². The van der Waals surface area contributed by atoms with E-state index in [2.05, 4.69) is 35.6 Å². The number of aromatic nitrogens is 3. The van der Waals surface area contributed by atoms with Crippen LogP contribution in [0.15, 0.2) is 53.5 Å². The van der Waals surface area contributed by atoms with Crippen LogP contribution in [-0.2, 0) is 19.1 Å². The van der Waals surface area contributed by atoms with E-state index in [1.807, 2.05) is 38.1 Å². The molecule has 19 heteroatoms. The first-order valence-corrected chi connectivity index (χ1v) is 22.3. The molecule has 9 rings (SSSR count). The van der Waals surface area contributed by atoms with E-state index in [0.29, 0.717) is 34.1 Å². The lowest BCUT2D eigenvalue weighted by molar-refractivity contribution is -0.136. The SMILES string of the molecule is CNC(=O)COc1cc2cc(Nc3nc(N4CCC(OC5CN(C6CCN(c7ccc8c(c7)C(=O)N(C7CCC(=O)NC7=O)C8=O)CC6)C5)CC4)ncc3Cl)ccc2n(C(C)C)c1=O. The van der Waals surface area contributed by atoms with Gasteiger partial charge in [-0.25, -0.2) is 4.98 Å². The van der Waals surface area contributed by atoms with Crippen LogP contribution in [-0.4, -0.2) is 131 Å². The zero-order valence-electron chi connectivity index (χ0n) is 36.0. The van der Waals surface area contributed by atoms with Crippen LogP contribution in [0, 0.1) is 0 Å². The summed E-state index contributed by atoms with van der Waals surface area (Å²) in [6, 6.07) is 11.9. The minimum absolute atomic E-state index is 0.0844. The maximum absolute atomic E-state index is 13.4. The van der Waals surface area contributed by atoms with Crippen LogP contribution in [0.25, 0.3) is 10.9 Å². The summed E-state index contributed by atoms with van der Waals surface area (Å²) in [7, 11) is 1.51. The highest BCUT2D eigenvalue weighted by molar-refractivity contribution is 6.33. The maximum Gasteiger partial charge on any atom is 0.293 e. The monoisotopic (exact) mass is 894 g/mol. The highest BCUT2D eigenvalue weighted by atomic mass is 35.5. The standard InChI is InChI=1S/C45H51ClN10O8/c1-25(2)55-35-7-4-27(18-26(35)19-37(44(55)62)63-24-39(58)47-3)49-40-34(46)21-48-45(51-40)53-16-12-30(13-17-53)64-31-22-54(23-31)28-10-14-52(15-11-28)29-5-6-32-33(20-29)43(61)56(42(32)60)36-8-9-38(57)50-41(36)59/h4-7,18-21,25,28,30-31,36H,8-17,22-24H2,1-3H3,(H,47,58)(H,48,49,51)(H,50,57,59). The molecule has 0 radical (unpaired) electrons. The lowest BCUT2D eigenvalue weighted by Gasteiger charge is -2.48. The first-order chi connectivity index (χ1) is 30.8. The van der Waals surface area contributed by atoms with E-state index in [-0.39, 0.29) is 60.5 Å². The Hall–Kier alpha value is -6.11. The van der Waals surface area contributed by atoms with Gasteiger partial charge in [0.1, 0.15) is 11.1 Å². The third-order valence-corrected chi connectivity index (χ3v) is 13.2. The molecular weight excluding hydrogens is 844 g/mol. The number of amides is 5. The molecule has 1 unspecified atom stereocenters. The number of hydrogen-bond acceptors (Lipinski definition) is 14. The molecule has 336 valence electrons. The largest absolute Gasteiger partial charge is 0.478 e. The number of carbonyl (C=O) groups excluding carboxylic acids is 5. The van der Waals surface area contributed by atoms with Crippen molar-refractivity contribution in [2.75, 3.05) is 68.0 Å². The van der Waals surface area contributed by atoms with Crippen molar-refractivity contribution < 1.29 is 33.4 Å². The average Bonchev–Trinajstić information content (AvgIpc) is 3.52. The summed E-state index contributed by atoms with van der Waals surface area (Å²) in [5, 5.41) is 9.17. The van der Waals surface area contributed by atoms with Crippen LogP contribution < -0.4 is 36.0 Å². The Kier molecular flexibility index (Phi) is 12.0. The van der Waals surface area contributed by atoms with Crippen molar-refractivity contribution >= 4 is 75.2 Å². The smallest absolute Gasteiger partial charge is 0.293 e. The van der Waals surface area contributed by atoms with Crippen molar-refractivity contribution in [3.63, 3.8) is 0 Å². The van der Waals surface area contributed by atoms with E-state index < -0.39 is 29.7 Å². The molecule has 64 heavy (non-hydrogen) atoms. The molecule has 2 aromatic heterocycles. The topological polar surface area (TPSA) is 201 Å². The summed E-state index contributed by atoms with van der Waals surface area (Å²) >= 11 is 6.59. The molecule has 2 aromatic carbocycles. The van der Waals surface area contributed by atoms with Gasteiger partial charge < -0.3 is 34.5 Å². The van der Waals surface area contributed by atoms with E-state index in [4.69, 9.17) is 26.1 Å². The normalized spacial score (nSPS) is 20.2. The fourth-order valence-corrected chi connectivity index (χ4v) is 9.57. The summed E-state index contributed by atoms with van der Waals surface area (Å²) in [5.41, 5.74) is 2.58. The highest BCUT2D eigenvalue weighted by Crippen LogP contribution is 2.34. The minimum atomic E-state index is -0.982. The van der Waals surface area contributed by atoms with Crippen molar-refractivity contribution in [1.29, 1.82) is 0 Å². The van der Waals surface area contributed by atoms with Gasteiger partial charge in [-0.1, -0.05) is 11.6 Å². The van der Waals surface area contributed by atoms with Crippen LogP contribution in [0.3, 0.4) is 0 Å². The van der Waals surface area contributed by atoms with Crippen LogP contribution in [0.2, 0.25) is 5.02 Å². The number of likely N-dealkylation sites (N-methyl/N-ethyl adjacent to an activating group) is 1. The number of piperidine rings is 3. The Morgan fingerprint density at radius 2 is 1.62 bits per heavy atom. The molecular formula is C45H51ClN10O8. The zero-order chi connectivity index (χ0) is 44.8. The lowest BCUT2D eigenvalue weighted by Crippen LogP contribution is -2.59. The van der Waals surface area contributed by atoms with Gasteiger partial charge in [-0.2, -0.15) is 4.98 Å². The molecule has 3 N–H and O–H groups in total. The summed E-state index contributed by atoms with van der Waals surface area (Å²) < 4.78 is 13.8. The highest BCUT2D eigenvalue weighted by Gasteiger charge is 2.45. The number of benzene rings is 2. The lowest BCUT2D eigenvalue weighted by atomic mass is 9.97. The average molecular weight is 895 g/mol. The molecule has 0 saturated carbocycles. The second kappa shape index (κ2) is 17.8. The zero-order valence-corrected chi connectivity index (χ0v) is 36.7. The number of hydrogen-bond donors (Lipinski definition) is 3. The summed E-state index contributed by atoms with van der Waals surface area (Å²) in [6.45, 7) is 8.44. The number of pyridine rings is 1. The molecule has 0 bridgehead atoms. The molecule has 5 amide bonds. The molecule has 0 spiro atoms. The molecule has 5 aliphatic rings. The molecule has 4 fully saturated rings. The van der Waals surface area contributed by atoms with Gasteiger partial charge in [0.2, 0.25) is 17.8 Å². The number of anilines is 4. The second-order valence-corrected chi connectivity index (χ2v) is 17.7. The first-order valence-electron chi connectivity index (χ1n) is 21.9. The van der Waals surface area contributed by atoms with Gasteiger partial charge in [0.15, 0.2) is 18.2 Å². The quantitative estimate of drug-likeness (QED) is 0.174. The van der Waals surface area contributed by atoms with Crippen LogP contribution in [0.5, 0.6) is 5.75 Å². The molecule has 18 nitrogen and oxygen atoms in total. The number of fused-ring (bicyclic) bond motifs is 2. The summed E-state index contributed by atoms with van der Waals surface area (Å²) in [6.07, 6.45) is 5.75. The molecule has 4 aromatic rings. The molecule has 5 aliphatic heterocycles. The van der Waals surface area contributed by atoms with Crippen molar-refractivity contribution in [1.82, 2.24) is 35.0 Å². The molecule has 0 aliphatic carbocycles. The van der Waals surface area contributed by atoms with Crippen molar-refractivity contribution in [3.05, 3.63) is 75.2 Å². The third kappa shape index (κ3) is 8.48. The predicted octanol–water partition coefficient (Wildman–Crippen LogP) is 3.63. The number of rotatable bonds is 12. The number of nitrogens with one attached hydrogen (secondary N) is 3. The van der Waals surface area contributed by atoms with Gasteiger partial charge in [-0.15, -0.1) is 0 Å². The van der Waals surface area contributed by atoms with E-state index in [1.165, 1.54) is 7.05 Å². The molecule has 7 heterocycles. The second-order valence-electron chi connectivity index (χ2n) is 17.3. The van der Waals surface area contributed by atoms with E-state index in [9.17, 15) is 28.8 Å².